The molecule has 25 heavy (non-hydrogen) atoms. The second-order valence-electron chi connectivity index (χ2n) is 5.22. The normalized spacial score (nSPS) is 12.1. The Morgan fingerprint density at radius 1 is 1.08 bits per heavy atom. The minimum atomic E-state index is -1.82. The number of carboxylic acid groups (broad SMARTS) is 2. The van der Waals surface area contributed by atoms with Crippen molar-refractivity contribution < 1.29 is 24.6 Å². The van der Waals surface area contributed by atoms with Crippen molar-refractivity contribution in [1.29, 1.82) is 0 Å². The van der Waals surface area contributed by atoms with Crippen LogP contribution in [0.25, 0.3) is 0 Å². The van der Waals surface area contributed by atoms with Gasteiger partial charge in [-0.2, -0.15) is 0 Å². The van der Waals surface area contributed by atoms with E-state index in [0.29, 0.717) is 6.54 Å². The lowest BCUT2D eigenvalue weighted by Gasteiger charge is -2.17. The van der Waals surface area contributed by atoms with Gasteiger partial charge in [-0.3, -0.25) is 4.79 Å². The summed E-state index contributed by atoms with van der Waals surface area (Å²) in [6.07, 6.45) is 0.965. The summed E-state index contributed by atoms with van der Waals surface area (Å²) in [6.45, 7) is 1.96. The molecular weight excluding hydrogens is 344 g/mol. The number of rotatable bonds is 4. The van der Waals surface area contributed by atoms with Crippen molar-refractivity contribution >= 4 is 34.9 Å². The van der Waals surface area contributed by atoms with E-state index in [1.165, 1.54) is 10.4 Å². The summed E-state index contributed by atoms with van der Waals surface area (Å²) in [5.74, 6) is -3.49. The van der Waals surface area contributed by atoms with Crippen molar-refractivity contribution in [2.75, 3.05) is 18.0 Å². The van der Waals surface area contributed by atoms with E-state index in [-0.39, 0.29) is 5.91 Å². The van der Waals surface area contributed by atoms with E-state index in [4.69, 9.17) is 19.8 Å². The van der Waals surface area contributed by atoms with E-state index in [1.54, 1.807) is 11.3 Å². The number of anilines is 1. The Bertz CT molecular complexity index is 733. The second-order valence-corrected chi connectivity index (χ2v) is 6.25. The highest BCUT2D eigenvalue weighted by molar-refractivity contribution is 7.09. The number of para-hydroxylation sites is 1. The van der Waals surface area contributed by atoms with Gasteiger partial charge in [0.1, 0.15) is 0 Å². The Balaban J connectivity index is 0.000000326. The Morgan fingerprint density at radius 3 is 2.44 bits per heavy atom. The zero-order valence-corrected chi connectivity index (χ0v) is 14.2. The molecule has 0 unspecified atom stereocenters. The lowest BCUT2D eigenvalue weighted by Crippen LogP contribution is -2.36. The number of benzene rings is 1. The van der Waals surface area contributed by atoms with Crippen LogP contribution in [0.4, 0.5) is 5.69 Å². The van der Waals surface area contributed by atoms with Crippen molar-refractivity contribution in [3.8, 4) is 0 Å². The van der Waals surface area contributed by atoms with E-state index in [9.17, 15) is 4.79 Å². The lowest BCUT2D eigenvalue weighted by molar-refractivity contribution is -0.159. The van der Waals surface area contributed by atoms with E-state index in [0.717, 1.165) is 25.2 Å². The molecule has 7 nitrogen and oxygen atoms in total. The molecule has 1 aromatic carbocycles. The zero-order valence-electron chi connectivity index (χ0n) is 13.3. The van der Waals surface area contributed by atoms with Gasteiger partial charge >= 0.3 is 11.9 Å². The van der Waals surface area contributed by atoms with Gasteiger partial charge in [0.15, 0.2) is 0 Å². The maximum absolute atomic E-state index is 12.2. The van der Waals surface area contributed by atoms with Crippen LogP contribution in [0.1, 0.15) is 10.4 Å². The predicted molar refractivity (Wildman–Crippen MR) is 93.8 cm³/mol. The number of nitrogens with one attached hydrogen (secondary N) is 1. The summed E-state index contributed by atoms with van der Waals surface area (Å²) in [5, 5.41) is 20.0. The molecule has 0 bridgehead atoms. The van der Waals surface area contributed by atoms with Crippen LogP contribution in [-0.4, -0.2) is 41.1 Å². The van der Waals surface area contributed by atoms with Gasteiger partial charge in [-0.15, -0.1) is 11.3 Å². The van der Waals surface area contributed by atoms with Crippen LogP contribution in [0, 0.1) is 0 Å². The van der Waals surface area contributed by atoms with Crippen molar-refractivity contribution in [3.63, 3.8) is 0 Å². The van der Waals surface area contributed by atoms with Gasteiger partial charge in [-0.05, 0) is 29.5 Å². The van der Waals surface area contributed by atoms with Crippen molar-refractivity contribution in [2.45, 2.75) is 13.0 Å². The largest absolute Gasteiger partial charge is 0.473 e. The first-order valence-electron chi connectivity index (χ1n) is 7.56. The summed E-state index contributed by atoms with van der Waals surface area (Å²) in [7, 11) is 0. The van der Waals surface area contributed by atoms with Crippen LogP contribution in [0.3, 0.4) is 0 Å². The van der Waals surface area contributed by atoms with Crippen LogP contribution in [-0.2, 0) is 27.3 Å². The fourth-order valence-electron chi connectivity index (χ4n) is 2.40. The molecule has 0 spiro atoms. The van der Waals surface area contributed by atoms with Gasteiger partial charge < -0.3 is 20.4 Å². The zero-order chi connectivity index (χ0) is 18.2. The number of nitrogens with zero attached hydrogens (tertiary/aromatic N) is 1. The van der Waals surface area contributed by atoms with Gasteiger partial charge in [0.25, 0.3) is 0 Å². The van der Waals surface area contributed by atoms with Gasteiger partial charge in [0.05, 0.1) is 6.54 Å². The predicted octanol–water partition coefficient (Wildman–Crippen LogP) is 1.58. The van der Waals surface area contributed by atoms with E-state index < -0.39 is 11.9 Å². The minimum absolute atomic E-state index is 0.154. The molecule has 2 aromatic rings. The first-order valence-corrected chi connectivity index (χ1v) is 8.44. The third kappa shape index (κ3) is 5.40. The standard InChI is InChI=1S/C15H16N2OS.C2H2O4/c18-15(11-16-10-13-5-3-9-19-13)17-8-7-12-4-1-2-6-14(12)17;3-1(4)2(5)6/h1-6,9,16H,7-8,10-11H2;(H,3,4)(H,5,6). The van der Waals surface area contributed by atoms with Crippen LogP contribution in [0.15, 0.2) is 41.8 Å². The number of hydrogen-bond acceptors (Lipinski definition) is 5. The average Bonchev–Trinajstić information content (AvgIpc) is 3.24. The number of carbonyl (C=O) groups is 3. The fourth-order valence-corrected chi connectivity index (χ4v) is 3.07. The van der Waals surface area contributed by atoms with E-state index in [1.807, 2.05) is 29.2 Å². The Labute approximate surface area is 148 Å². The number of amides is 1. The number of hydrogen-bond donors (Lipinski definition) is 3. The third-order valence-electron chi connectivity index (χ3n) is 3.53. The van der Waals surface area contributed by atoms with Crippen molar-refractivity contribution in [2.24, 2.45) is 0 Å². The highest BCUT2D eigenvalue weighted by Crippen LogP contribution is 2.27. The molecule has 0 atom stereocenters. The number of aliphatic carboxylic acids is 2. The van der Waals surface area contributed by atoms with Crippen molar-refractivity contribution in [1.82, 2.24) is 5.32 Å². The van der Waals surface area contributed by atoms with E-state index in [2.05, 4.69) is 22.8 Å². The molecule has 3 rings (SSSR count). The molecule has 8 heteroatoms. The van der Waals surface area contributed by atoms with Crippen LogP contribution < -0.4 is 10.2 Å². The average molecular weight is 362 g/mol. The van der Waals surface area contributed by atoms with Crippen molar-refractivity contribution in [3.05, 3.63) is 52.2 Å². The maximum Gasteiger partial charge on any atom is 0.414 e. The molecule has 132 valence electrons. The van der Waals surface area contributed by atoms with Gasteiger partial charge in [-0.1, -0.05) is 24.3 Å². The highest BCUT2D eigenvalue weighted by atomic mass is 32.1. The molecule has 2 heterocycles. The topological polar surface area (TPSA) is 107 Å². The third-order valence-corrected chi connectivity index (χ3v) is 4.40. The van der Waals surface area contributed by atoms with Crippen LogP contribution in [0.5, 0.6) is 0 Å². The molecular formula is C17H18N2O5S. The summed E-state index contributed by atoms with van der Waals surface area (Å²) in [4.78, 5) is 33.5. The van der Waals surface area contributed by atoms with Crippen LogP contribution >= 0.6 is 11.3 Å². The summed E-state index contributed by atoms with van der Waals surface area (Å²) < 4.78 is 0. The Morgan fingerprint density at radius 2 is 1.80 bits per heavy atom. The molecule has 1 aliphatic rings. The van der Waals surface area contributed by atoms with Gasteiger partial charge in [0.2, 0.25) is 5.91 Å². The smallest absolute Gasteiger partial charge is 0.414 e. The molecule has 1 amide bonds. The van der Waals surface area contributed by atoms with E-state index >= 15 is 0 Å². The molecule has 0 fully saturated rings. The number of carbonyl (C=O) groups excluding carboxylic acids is 1. The van der Waals surface area contributed by atoms with Gasteiger partial charge in [-0.25, -0.2) is 9.59 Å². The molecule has 0 aliphatic carbocycles. The minimum Gasteiger partial charge on any atom is -0.473 e. The van der Waals surface area contributed by atoms with Crippen LogP contribution in [0.2, 0.25) is 0 Å². The molecule has 1 aliphatic heterocycles. The highest BCUT2D eigenvalue weighted by Gasteiger charge is 2.23. The summed E-state index contributed by atoms with van der Waals surface area (Å²) >= 11 is 1.71. The monoisotopic (exact) mass is 362 g/mol. The molecule has 0 saturated carbocycles. The summed E-state index contributed by atoms with van der Waals surface area (Å²) in [5.41, 5.74) is 2.35. The fraction of sp³-hybridized carbons (Fsp3) is 0.235. The lowest BCUT2D eigenvalue weighted by atomic mass is 10.2. The molecule has 0 radical (unpaired) electrons. The van der Waals surface area contributed by atoms with Gasteiger partial charge in [0, 0.05) is 23.7 Å². The first-order chi connectivity index (χ1) is 12.0. The summed E-state index contributed by atoms with van der Waals surface area (Å²) in [6, 6.07) is 12.3. The molecule has 3 N–H and O–H groups in total. The molecule has 1 aromatic heterocycles. The Hall–Kier alpha value is -2.71. The number of fused-ring (bicyclic) bond motifs is 1. The maximum atomic E-state index is 12.2. The molecule has 0 saturated heterocycles. The number of carboxylic acids is 2. The first kappa shape index (κ1) is 18.6. The SMILES string of the molecule is O=C(CNCc1cccs1)N1CCc2ccccc21.O=C(O)C(=O)O. The quantitative estimate of drug-likeness (QED) is 0.713. The Kier molecular flexibility index (Phi) is 6.67. The second kappa shape index (κ2) is 8.95. The number of thiophene rings is 1.